The maximum Gasteiger partial charge on any atom is 0.271 e. The Morgan fingerprint density at radius 3 is 1.00 bits per heavy atom. The van der Waals surface area contributed by atoms with Gasteiger partial charge in [0, 0.05) is 0 Å². The molecule has 0 aliphatic carbocycles. The van der Waals surface area contributed by atoms with Gasteiger partial charge in [0.25, 0.3) is 10.2 Å². The summed E-state index contributed by atoms with van der Waals surface area (Å²) in [5.74, 6) is 0. The van der Waals surface area contributed by atoms with E-state index >= 15 is 0 Å². The molecule has 0 aromatic heterocycles. The first-order chi connectivity index (χ1) is 13.1. The highest BCUT2D eigenvalue weighted by molar-refractivity contribution is 7.86. The van der Waals surface area contributed by atoms with Gasteiger partial charge in [-0.15, -0.1) is 0 Å². The highest BCUT2D eigenvalue weighted by Gasteiger charge is 2.29. The molecule has 184 valence electrons. The first-order valence-corrected chi connectivity index (χ1v) is 9.22. The van der Waals surface area contributed by atoms with E-state index in [-0.39, 0.29) is 18.7 Å². The van der Waals surface area contributed by atoms with Crippen molar-refractivity contribution < 1.29 is 58.9 Å². The summed E-state index contributed by atoms with van der Waals surface area (Å²) < 4.78 is 18.4. The van der Waals surface area contributed by atoms with Crippen LogP contribution < -0.4 is 27.9 Å². The van der Waals surface area contributed by atoms with Crippen molar-refractivity contribution in [2.45, 2.75) is 48.7 Å². The SMILES string of the molecule is N.NC(C=O)C(O)C(O)C(O)CO.NC(C=O)C(O)C(O)C(O)CO.NS(N)(=O)=O. The number of aliphatic hydroxyl groups is 8. The first kappa shape index (κ1) is 36.2. The van der Waals surface area contributed by atoms with Crippen LogP contribution in [0.2, 0.25) is 0 Å². The second kappa shape index (κ2) is 18.5. The quantitative estimate of drug-likeness (QED) is 0.131. The Balaban J connectivity index is -0.000000180. The van der Waals surface area contributed by atoms with E-state index in [1.807, 2.05) is 0 Å². The minimum atomic E-state index is -3.67. The lowest BCUT2D eigenvalue weighted by molar-refractivity contribution is -0.118. The molecule has 17 nitrogen and oxygen atoms in total. The molecule has 0 heterocycles. The fraction of sp³-hybridized carbons (Fsp3) is 0.833. The van der Waals surface area contributed by atoms with Gasteiger partial charge in [0.2, 0.25) is 0 Å². The van der Waals surface area contributed by atoms with E-state index in [0.717, 1.165) is 0 Å². The summed E-state index contributed by atoms with van der Waals surface area (Å²) in [5.41, 5.74) is 10.1. The average molecular weight is 471 g/mol. The molecule has 19 N–H and O–H groups in total. The molecule has 0 bridgehead atoms. The van der Waals surface area contributed by atoms with E-state index in [1.54, 1.807) is 0 Å². The Labute approximate surface area is 172 Å². The number of hydrogen-bond donors (Lipinski definition) is 13. The Bertz CT molecular complexity index is 502. The summed E-state index contributed by atoms with van der Waals surface area (Å²) in [7, 11) is -3.67. The van der Waals surface area contributed by atoms with Gasteiger partial charge < -0.3 is 68.1 Å². The van der Waals surface area contributed by atoms with Gasteiger partial charge in [-0.2, -0.15) is 8.42 Å². The minimum absolute atomic E-state index is 0. The third-order valence-corrected chi connectivity index (χ3v) is 2.97. The standard InChI is InChI=1S/2C6H13NO5.H4N2O2S.H3N/c2*7-3(1-8)5(11)6(12)4(10)2-9;1-5(2,3)4;/h2*1,3-6,9-12H,2,7H2;(H4,1,2,3,4);1H3. The summed E-state index contributed by atoms with van der Waals surface area (Å²) >= 11 is 0. The molecule has 8 unspecified atom stereocenters. The summed E-state index contributed by atoms with van der Waals surface area (Å²) in [4.78, 5) is 20.0. The maximum absolute atomic E-state index is 10.0. The highest BCUT2D eigenvalue weighted by Crippen LogP contribution is 2.02. The van der Waals surface area contributed by atoms with Gasteiger partial charge in [-0.05, 0) is 0 Å². The van der Waals surface area contributed by atoms with Crippen LogP contribution in [0.15, 0.2) is 0 Å². The van der Waals surface area contributed by atoms with Crippen molar-refractivity contribution in [3.63, 3.8) is 0 Å². The molecular formula is C12H33N5O12S. The van der Waals surface area contributed by atoms with Crippen LogP contribution in [-0.2, 0) is 19.8 Å². The monoisotopic (exact) mass is 471 g/mol. The van der Waals surface area contributed by atoms with Gasteiger partial charge in [-0.25, -0.2) is 10.3 Å². The number of rotatable bonds is 10. The van der Waals surface area contributed by atoms with Crippen molar-refractivity contribution in [3.8, 4) is 0 Å². The molecule has 0 saturated heterocycles. The van der Waals surface area contributed by atoms with E-state index in [9.17, 15) is 18.0 Å². The van der Waals surface area contributed by atoms with Crippen LogP contribution in [0.5, 0.6) is 0 Å². The van der Waals surface area contributed by atoms with Gasteiger partial charge in [-0.1, -0.05) is 0 Å². The summed E-state index contributed by atoms with van der Waals surface area (Å²) in [5, 5.41) is 78.5. The zero-order chi connectivity index (χ0) is 23.9. The molecule has 0 aromatic carbocycles. The second-order valence-corrected chi connectivity index (χ2v) is 6.66. The van der Waals surface area contributed by atoms with Crippen molar-refractivity contribution in [1.29, 1.82) is 0 Å². The molecular weight excluding hydrogens is 438 g/mol. The number of aldehydes is 2. The molecule has 0 radical (unpaired) electrons. The summed E-state index contributed by atoms with van der Waals surface area (Å²) in [6.07, 6.45) is -8.85. The summed E-state index contributed by atoms with van der Waals surface area (Å²) in [6.45, 7) is -1.41. The lowest BCUT2D eigenvalue weighted by atomic mass is 10.0. The lowest BCUT2D eigenvalue weighted by Crippen LogP contribution is -2.49. The van der Waals surface area contributed by atoms with Crippen molar-refractivity contribution in [2.24, 2.45) is 21.7 Å². The van der Waals surface area contributed by atoms with Gasteiger partial charge in [0.05, 0.1) is 25.3 Å². The van der Waals surface area contributed by atoms with Crippen LogP contribution in [0.4, 0.5) is 0 Å². The van der Waals surface area contributed by atoms with Crippen LogP contribution in [0.1, 0.15) is 0 Å². The number of nitrogens with two attached hydrogens (primary N) is 4. The third-order valence-electron chi connectivity index (χ3n) is 2.97. The molecule has 0 spiro atoms. The largest absolute Gasteiger partial charge is 0.394 e. The van der Waals surface area contributed by atoms with E-state index in [4.69, 9.17) is 52.3 Å². The molecule has 8 atom stereocenters. The predicted molar refractivity (Wildman–Crippen MR) is 101 cm³/mol. The van der Waals surface area contributed by atoms with Gasteiger partial charge >= 0.3 is 0 Å². The van der Waals surface area contributed by atoms with E-state index < -0.39 is 72.1 Å². The fourth-order valence-corrected chi connectivity index (χ4v) is 1.29. The van der Waals surface area contributed by atoms with Crippen LogP contribution in [0.3, 0.4) is 0 Å². The van der Waals surface area contributed by atoms with Gasteiger partial charge in [0.1, 0.15) is 49.2 Å². The maximum atomic E-state index is 10.0. The number of carbonyl (C=O) groups is 2. The van der Waals surface area contributed by atoms with Gasteiger partial charge in [0.15, 0.2) is 0 Å². The van der Waals surface area contributed by atoms with Crippen LogP contribution in [0, 0.1) is 0 Å². The second-order valence-electron chi connectivity index (χ2n) is 5.48. The topological polar surface area (TPSA) is 369 Å². The van der Waals surface area contributed by atoms with Crippen LogP contribution >= 0.6 is 0 Å². The molecule has 30 heavy (non-hydrogen) atoms. The molecule has 18 heteroatoms. The zero-order valence-corrected chi connectivity index (χ0v) is 16.6. The average Bonchev–Trinajstić information content (AvgIpc) is 2.67. The Kier molecular flexibility index (Phi) is 22.3. The molecule has 0 aliphatic rings. The zero-order valence-electron chi connectivity index (χ0n) is 15.8. The molecule has 0 aromatic rings. The molecule has 0 saturated carbocycles. The van der Waals surface area contributed by atoms with Crippen LogP contribution in [0.25, 0.3) is 0 Å². The Morgan fingerprint density at radius 2 is 0.867 bits per heavy atom. The molecule has 0 amide bonds. The number of hydrogen-bond acceptors (Lipinski definition) is 15. The minimum Gasteiger partial charge on any atom is -0.394 e. The normalized spacial score (nSPS) is 18.8. The molecule has 0 fully saturated rings. The number of carbonyl (C=O) groups excluding carboxylic acids is 2. The summed E-state index contributed by atoms with van der Waals surface area (Å²) in [6, 6.07) is -2.53. The van der Waals surface area contributed by atoms with Crippen molar-refractivity contribution in [1.82, 2.24) is 6.15 Å². The Hall–Kier alpha value is -1.23. The fourth-order valence-electron chi connectivity index (χ4n) is 1.29. The molecule has 0 aliphatic heterocycles. The number of aliphatic hydroxyl groups excluding tert-OH is 8. The van der Waals surface area contributed by atoms with Crippen molar-refractivity contribution in [2.75, 3.05) is 13.2 Å². The lowest BCUT2D eigenvalue weighted by Gasteiger charge is -2.23. The van der Waals surface area contributed by atoms with E-state index in [1.165, 1.54) is 0 Å². The van der Waals surface area contributed by atoms with Crippen molar-refractivity contribution >= 4 is 22.8 Å². The van der Waals surface area contributed by atoms with Gasteiger partial charge in [-0.3, -0.25) is 0 Å². The van der Waals surface area contributed by atoms with E-state index in [2.05, 4.69) is 10.3 Å². The first-order valence-electron chi connectivity index (χ1n) is 7.61. The predicted octanol–water partition coefficient (Wildman–Crippen LogP) is -8.51. The van der Waals surface area contributed by atoms with Crippen molar-refractivity contribution in [3.05, 3.63) is 0 Å². The highest BCUT2D eigenvalue weighted by atomic mass is 32.2. The Morgan fingerprint density at radius 1 is 0.667 bits per heavy atom. The smallest absolute Gasteiger partial charge is 0.271 e. The third kappa shape index (κ3) is 18.8. The van der Waals surface area contributed by atoms with Crippen LogP contribution in [-0.4, -0.2) is 124 Å². The molecule has 0 rings (SSSR count). The van der Waals surface area contributed by atoms with E-state index in [0.29, 0.717) is 0 Å².